The predicted octanol–water partition coefficient (Wildman–Crippen LogP) is 3.02. The zero-order valence-electron chi connectivity index (χ0n) is 14.6. The molecule has 1 aliphatic rings. The van der Waals surface area contributed by atoms with E-state index in [0.29, 0.717) is 44.1 Å². The molecule has 0 radical (unpaired) electrons. The molecule has 1 aliphatic heterocycles. The van der Waals surface area contributed by atoms with E-state index in [2.05, 4.69) is 10.3 Å². The summed E-state index contributed by atoms with van der Waals surface area (Å²) in [6.07, 6.45) is 2.50. The van der Waals surface area contributed by atoms with Gasteiger partial charge in [0.25, 0.3) is 0 Å². The molecule has 2 N–H and O–H groups in total. The second-order valence-corrected chi connectivity index (χ2v) is 6.32. The number of carboxylic acid groups (broad SMARTS) is 1. The van der Waals surface area contributed by atoms with Crippen LogP contribution in [0.3, 0.4) is 0 Å². The molecule has 0 atom stereocenters. The number of carboxylic acids is 1. The van der Waals surface area contributed by atoms with Gasteiger partial charge in [-0.1, -0.05) is 0 Å². The Morgan fingerprint density at radius 3 is 2.59 bits per heavy atom. The van der Waals surface area contributed by atoms with Crippen LogP contribution in [0.25, 0.3) is 0 Å². The average Bonchev–Trinajstić information content (AvgIpc) is 2.68. The molecule has 0 unspecified atom stereocenters. The molecule has 142 valence electrons. The fraction of sp³-hybridized carbons (Fsp3) is 0.316. The highest BCUT2D eigenvalue weighted by Gasteiger charge is 2.26. The highest BCUT2D eigenvalue weighted by atomic mass is 19.1. The van der Waals surface area contributed by atoms with E-state index in [1.165, 1.54) is 24.3 Å². The van der Waals surface area contributed by atoms with Crippen molar-refractivity contribution in [1.82, 2.24) is 15.2 Å². The molecule has 1 saturated heterocycles. The number of rotatable bonds is 5. The summed E-state index contributed by atoms with van der Waals surface area (Å²) < 4.78 is 18.5. The monoisotopic (exact) mass is 373 g/mol. The van der Waals surface area contributed by atoms with Crippen LogP contribution < -0.4 is 10.1 Å². The van der Waals surface area contributed by atoms with Crippen molar-refractivity contribution in [2.45, 2.75) is 19.4 Å². The molecule has 0 aliphatic carbocycles. The molecule has 1 aromatic heterocycles. The molecule has 1 fully saturated rings. The van der Waals surface area contributed by atoms with Gasteiger partial charge in [-0.2, -0.15) is 0 Å². The topological polar surface area (TPSA) is 91.8 Å². The Morgan fingerprint density at radius 1 is 1.22 bits per heavy atom. The number of ether oxygens (including phenoxy) is 1. The number of hydrogen-bond donors (Lipinski definition) is 2. The van der Waals surface area contributed by atoms with Crippen molar-refractivity contribution in [3.8, 4) is 11.6 Å². The van der Waals surface area contributed by atoms with E-state index in [4.69, 9.17) is 9.84 Å². The van der Waals surface area contributed by atoms with Crippen molar-refractivity contribution in [2.75, 3.05) is 13.1 Å². The van der Waals surface area contributed by atoms with Crippen LogP contribution in [0, 0.1) is 11.7 Å². The van der Waals surface area contributed by atoms with Gasteiger partial charge in [-0.25, -0.2) is 14.2 Å². The summed E-state index contributed by atoms with van der Waals surface area (Å²) in [5.74, 6) is -0.720. The van der Waals surface area contributed by atoms with E-state index < -0.39 is 5.97 Å². The van der Waals surface area contributed by atoms with E-state index in [-0.39, 0.29) is 17.8 Å². The van der Waals surface area contributed by atoms with E-state index in [0.717, 1.165) is 5.56 Å². The fourth-order valence-electron chi connectivity index (χ4n) is 2.86. The molecule has 2 amide bonds. The number of pyridine rings is 1. The van der Waals surface area contributed by atoms with E-state index in [1.807, 2.05) is 0 Å². The van der Waals surface area contributed by atoms with Crippen molar-refractivity contribution in [3.63, 3.8) is 0 Å². The molecular formula is C19H20FN3O4. The van der Waals surface area contributed by atoms with E-state index >= 15 is 0 Å². The minimum atomic E-state index is -0.805. The second-order valence-electron chi connectivity index (χ2n) is 6.32. The standard InChI is InChI=1S/C19H20FN3O4/c20-15-1-3-16(4-2-15)27-17-11-13(5-8-21-17)12-22-19(26)23-9-6-14(7-10-23)18(24)25/h1-5,8,11,14H,6-7,9-10,12H2,(H,22,26)(H,24,25). The third-order valence-electron chi connectivity index (χ3n) is 4.41. The van der Waals surface area contributed by atoms with Crippen LogP contribution >= 0.6 is 0 Å². The third-order valence-corrected chi connectivity index (χ3v) is 4.41. The number of hydrogen-bond acceptors (Lipinski definition) is 4. The maximum Gasteiger partial charge on any atom is 0.317 e. The van der Waals surface area contributed by atoms with Crippen LogP contribution in [0.5, 0.6) is 11.6 Å². The second kappa shape index (κ2) is 8.48. The fourth-order valence-corrected chi connectivity index (χ4v) is 2.86. The summed E-state index contributed by atoms with van der Waals surface area (Å²) in [4.78, 5) is 28.9. The number of carbonyl (C=O) groups excluding carboxylic acids is 1. The first kappa shape index (κ1) is 18.6. The molecule has 2 aromatic rings. The molecule has 0 spiro atoms. The van der Waals surface area contributed by atoms with Gasteiger partial charge in [0.1, 0.15) is 11.6 Å². The van der Waals surface area contributed by atoms with Crippen LogP contribution in [-0.2, 0) is 11.3 Å². The highest BCUT2D eigenvalue weighted by molar-refractivity contribution is 5.75. The lowest BCUT2D eigenvalue weighted by molar-refractivity contribution is -0.143. The largest absolute Gasteiger partial charge is 0.481 e. The number of aliphatic carboxylic acids is 1. The smallest absolute Gasteiger partial charge is 0.317 e. The number of benzene rings is 1. The van der Waals surface area contributed by atoms with Gasteiger partial charge in [-0.15, -0.1) is 0 Å². The quantitative estimate of drug-likeness (QED) is 0.841. The molecule has 1 aromatic carbocycles. The van der Waals surface area contributed by atoms with Crippen LogP contribution in [0.4, 0.5) is 9.18 Å². The summed E-state index contributed by atoms with van der Waals surface area (Å²) in [6, 6.07) is 8.84. The Bertz CT molecular complexity index is 805. The Morgan fingerprint density at radius 2 is 1.93 bits per heavy atom. The maximum absolute atomic E-state index is 12.9. The maximum atomic E-state index is 12.9. The van der Waals surface area contributed by atoms with Crippen LogP contribution in [0.2, 0.25) is 0 Å². The van der Waals surface area contributed by atoms with Crippen LogP contribution in [0.15, 0.2) is 42.6 Å². The van der Waals surface area contributed by atoms with Crippen molar-refractivity contribution in [2.24, 2.45) is 5.92 Å². The van der Waals surface area contributed by atoms with Crippen LogP contribution in [0.1, 0.15) is 18.4 Å². The van der Waals surface area contributed by atoms with Gasteiger partial charge in [0.05, 0.1) is 5.92 Å². The van der Waals surface area contributed by atoms with Crippen molar-refractivity contribution >= 4 is 12.0 Å². The Hall–Kier alpha value is -3.16. The summed E-state index contributed by atoms with van der Waals surface area (Å²) >= 11 is 0. The molecule has 2 heterocycles. The van der Waals surface area contributed by atoms with Gasteiger partial charge in [-0.3, -0.25) is 4.79 Å². The molecule has 3 rings (SSSR count). The van der Waals surface area contributed by atoms with Crippen LogP contribution in [-0.4, -0.2) is 40.1 Å². The lowest BCUT2D eigenvalue weighted by Crippen LogP contribution is -2.45. The van der Waals surface area contributed by atoms with Crippen molar-refractivity contribution < 1.29 is 23.8 Å². The zero-order valence-corrected chi connectivity index (χ0v) is 14.6. The number of nitrogens with zero attached hydrogens (tertiary/aromatic N) is 2. The van der Waals surface area contributed by atoms with Gasteiger partial charge < -0.3 is 20.1 Å². The lowest BCUT2D eigenvalue weighted by atomic mass is 9.97. The number of nitrogens with one attached hydrogen (secondary N) is 1. The van der Waals surface area contributed by atoms with Gasteiger partial charge >= 0.3 is 12.0 Å². The molecule has 0 saturated carbocycles. The zero-order chi connectivity index (χ0) is 19.2. The normalized spacial score (nSPS) is 14.6. The van der Waals surface area contributed by atoms with Gasteiger partial charge in [0, 0.05) is 31.9 Å². The molecule has 7 nitrogen and oxygen atoms in total. The highest BCUT2D eigenvalue weighted by Crippen LogP contribution is 2.20. The average molecular weight is 373 g/mol. The number of halogens is 1. The number of urea groups is 1. The van der Waals surface area contributed by atoms with E-state index in [1.54, 1.807) is 23.2 Å². The van der Waals surface area contributed by atoms with Crippen molar-refractivity contribution in [1.29, 1.82) is 0 Å². The number of carbonyl (C=O) groups is 2. The number of likely N-dealkylation sites (tertiary alicyclic amines) is 1. The number of amides is 2. The van der Waals surface area contributed by atoms with Gasteiger partial charge in [-0.05, 0) is 48.7 Å². The third kappa shape index (κ3) is 5.16. The summed E-state index contributed by atoms with van der Waals surface area (Å²) in [7, 11) is 0. The number of aromatic nitrogens is 1. The number of piperidine rings is 1. The predicted molar refractivity (Wildman–Crippen MR) is 94.9 cm³/mol. The Labute approximate surface area is 155 Å². The molecule has 0 bridgehead atoms. The summed E-state index contributed by atoms with van der Waals surface area (Å²) in [5, 5.41) is 11.8. The summed E-state index contributed by atoms with van der Waals surface area (Å²) in [6.45, 7) is 1.15. The van der Waals surface area contributed by atoms with Crippen molar-refractivity contribution in [3.05, 3.63) is 54.0 Å². The molecule has 8 heteroatoms. The van der Waals surface area contributed by atoms with Gasteiger partial charge in [0.2, 0.25) is 5.88 Å². The first-order valence-electron chi connectivity index (χ1n) is 8.65. The minimum Gasteiger partial charge on any atom is -0.481 e. The first-order chi connectivity index (χ1) is 13.0. The minimum absolute atomic E-state index is 0.225. The SMILES string of the molecule is O=C(O)C1CCN(C(=O)NCc2ccnc(Oc3ccc(F)cc3)c2)CC1. The Balaban J connectivity index is 1.51. The first-order valence-corrected chi connectivity index (χ1v) is 8.65. The lowest BCUT2D eigenvalue weighted by Gasteiger charge is -2.30. The van der Waals surface area contributed by atoms with E-state index in [9.17, 15) is 14.0 Å². The Kier molecular flexibility index (Phi) is 5.85. The van der Waals surface area contributed by atoms with Gasteiger partial charge in [0.15, 0.2) is 0 Å². The molecule has 27 heavy (non-hydrogen) atoms. The molecular weight excluding hydrogens is 353 g/mol. The summed E-state index contributed by atoms with van der Waals surface area (Å²) in [5.41, 5.74) is 0.802.